The largest absolute Gasteiger partial charge is 0.299 e. The zero-order valence-corrected chi connectivity index (χ0v) is 14.9. The lowest BCUT2D eigenvalue weighted by atomic mass is 9.44. The molecule has 6 atom stereocenters. The van der Waals surface area contributed by atoms with Crippen molar-refractivity contribution in [3.05, 3.63) is 23.8 Å². The molecule has 0 aliphatic heterocycles. The van der Waals surface area contributed by atoms with Crippen LogP contribution in [0.15, 0.2) is 23.8 Å². The van der Waals surface area contributed by atoms with Crippen LogP contribution in [0.25, 0.3) is 0 Å². The van der Waals surface area contributed by atoms with Gasteiger partial charge in [0.15, 0.2) is 5.78 Å². The summed E-state index contributed by atoms with van der Waals surface area (Å²) in [5.41, 5.74) is 1.65. The van der Waals surface area contributed by atoms with Crippen LogP contribution in [-0.2, 0) is 9.59 Å². The molecule has 5 aliphatic rings. The SMILES string of the molecule is CC(=O)[C@]12C=C[C@]3(CC1)[C@@H]1CCC4=CC(=O)CCC4[C@H]1CC[C@]23C. The van der Waals surface area contributed by atoms with Crippen molar-refractivity contribution in [2.24, 2.45) is 34.0 Å². The molecule has 0 spiro atoms. The molecule has 0 aromatic rings. The van der Waals surface area contributed by atoms with E-state index in [2.05, 4.69) is 19.1 Å². The van der Waals surface area contributed by atoms with Gasteiger partial charge in [0, 0.05) is 6.42 Å². The molecule has 0 amide bonds. The van der Waals surface area contributed by atoms with Gasteiger partial charge in [0.1, 0.15) is 5.78 Å². The number of carbonyl (C=O) groups is 2. The lowest BCUT2D eigenvalue weighted by Gasteiger charge is -2.59. The van der Waals surface area contributed by atoms with Crippen molar-refractivity contribution in [1.29, 1.82) is 0 Å². The van der Waals surface area contributed by atoms with Crippen molar-refractivity contribution in [3.8, 4) is 0 Å². The first-order valence-electron chi connectivity index (χ1n) is 9.88. The summed E-state index contributed by atoms with van der Waals surface area (Å²) in [6, 6.07) is 0. The predicted octanol–water partition coefficient (Wildman–Crippen LogP) is 4.64. The number of carbonyl (C=O) groups excluding carboxylic acids is 2. The van der Waals surface area contributed by atoms with Gasteiger partial charge in [-0.15, -0.1) is 0 Å². The Morgan fingerprint density at radius 2 is 1.92 bits per heavy atom. The van der Waals surface area contributed by atoms with Crippen LogP contribution in [0.3, 0.4) is 0 Å². The number of hydrogen-bond donors (Lipinski definition) is 0. The molecule has 2 nitrogen and oxygen atoms in total. The van der Waals surface area contributed by atoms with Crippen LogP contribution in [0, 0.1) is 34.0 Å². The molecule has 24 heavy (non-hydrogen) atoms. The van der Waals surface area contributed by atoms with Crippen LogP contribution in [0.2, 0.25) is 0 Å². The van der Waals surface area contributed by atoms with E-state index in [4.69, 9.17) is 0 Å². The zero-order chi connectivity index (χ0) is 16.7. The average molecular weight is 324 g/mol. The summed E-state index contributed by atoms with van der Waals surface area (Å²) in [5, 5.41) is 0. The quantitative estimate of drug-likeness (QED) is 0.658. The van der Waals surface area contributed by atoms with E-state index in [1.807, 2.05) is 13.0 Å². The van der Waals surface area contributed by atoms with Crippen LogP contribution in [-0.4, -0.2) is 11.6 Å². The minimum atomic E-state index is -0.184. The molecular weight excluding hydrogens is 296 g/mol. The molecule has 0 saturated heterocycles. The minimum absolute atomic E-state index is 0.138. The van der Waals surface area contributed by atoms with Crippen molar-refractivity contribution in [2.75, 3.05) is 0 Å². The maximum atomic E-state index is 12.6. The number of Topliss-reactive ketones (excluding diaryl/α,β-unsaturated/α-hetero) is 1. The third kappa shape index (κ3) is 1.46. The van der Waals surface area contributed by atoms with Crippen LogP contribution in [0.1, 0.15) is 65.2 Å². The van der Waals surface area contributed by atoms with Crippen molar-refractivity contribution in [1.82, 2.24) is 0 Å². The molecule has 5 aliphatic carbocycles. The third-order valence-electron chi connectivity index (χ3n) is 9.18. The average Bonchev–Trinajstić information content (AvgIpc) is 2.99. The Morgan fingerprint density at radius 1 is 1.08 bits per heavy atom. The zero-order valence-electron chi connectivity index (χ0n) is 14.9. The lowest BCUT2D eigenvalue weighted by Crippen LogP contribution is -2.54. The van der Waals surface area contributed by atoms with Crippen LogP contribution < -0.4 is 0 Å². The normalized spacial score (nSPS) is 51.7. The Morgan fingerprint density at radius 3 is 2.62 bits per heavy atom. The van der Waals surface area contributed by atoms with Crippen molar-refractivity contribution in [2.45, 2.75) is 65.2 Å². The third-order valence-corrected chi connectivity index (χ3v) is 9.18. The van der Waals surface area contributed by atoms with Gasteiger partial charge in [-0.05, 0) is 86.5 Å². The molecule has 1 unspecified atom stereocenters. The summed E-state index contributed by atoms with van der Waals surface area (Å²) in [4.78, 5) is 24.4. The van der Waals surface area contributed by atoms with Gasteiger partial charge in [0.2, 0.25) is 0 Å². The molecule has 0 aromatic carbocycles. The molecule has 0 N–H and O–H groups in total. The van der Waals surface area contributed by atoms with Gasteiger partial charge in [-0.2, -0.15) is 0 Å². The van der Waals surface area contributed by atoms with Crippen molar-refractivity contribution < 1.29 is 9.59 Å². The number of allylic oxidation sites excluding steroid dienone is 3. The molecular formula is C22H28O2. The van der Waals surface area contributed by atoms with Gasteiger partial charge >= 0.3 is 0 Å². The summed E-state index contributed by atoms with van der Waals surface area (Å²) >= 11 is 0. The molecule has 128 valence electrons. The monoisotopic (exact) mass is 324 g/mol. The standard InChI is InChI=1S/C22H28O2/c1-14(23)21-9-11-22(12-10-21)19-6-3-15-13-16(24)4-5-17(15)18(19)7-8-20(21,22)2/h9,11,13,17-19H,3-8,10,12H2,1-2H3/t17?,18-,19-,20-,21+,22+/m1/s1. The highest BCUT2D eigenvalue weighted by Crippen LogP contribution is 2.78. The van der Waals surface area contributed by atoms with E-state index in [0.717, 1.165) is 31.6 Å². The van der Waals surface area contributed by atoms with E-state index in [0.29, 0.717) is 23.4 Å². The molecule has 3 saturated carbocycles. The first kappa shape index (κ1) is 15.1. The fraction of sp³-hybridized carbons (Fsp3) is 0.727. The molecule has 2 bridgehead atoms. The fourth-order valence-electron chi connectivity index (χ4n) is 7.98. The number of fused-ring (bicyclic) bond motifs is 3. The maximum Gasteiger partial charge on any atom is 0.155 e. The molecule has 2 heteroatoms. The maximum absolute atomic E-state index is 12.6. The van der Waals surface area contributed by atoms with Gasteiger partial charge in [-0.1, -0.05) is 24.6 Å². The minimum Gasteiger partial charge on any atom is -0.299 e. The van der Waals surface area contributed by atoms with E-state index in [9.17, 15) is 9.59 Å². The van der Waals surface area contributed by atoms with Gasteiger partial charge in [0.05, 0.1) is 5.41 Å². The smallest absolute Gasteiger partial charge is 0.155 e. The number of rotatable bonds is 1. The van der Waals surface area contributed by atoms with E-state index in [-0.39, 0.29) is 16.2 Å². The summed E-state index contributed by atoms with van der Waals surface area (Å²) < 4.78 is 0. The fourth-order valence-corrected chi connectivity index (χ4v) is 7.98. The Hall–Kier alpha value is -1.18. The highest BCUT2D eigenvalue weighted by molar-refractivity contribution is 5.91. The van der Waals surface area contributed by atoms with Gasteiger partial charge in [-0.25, -0.2) is 0 Å². The Kier molecular flexibility index (Phi) is 2.84. The topological polar surface area (TPSA) is 34.1 Å². The van der Waals surface area contributed by atoms with E-state index in [1.165, 1.54) is 31.3 Å². The lowest BCUT2D eigenvalue weighted by molar-refractivity contribution is -0.136. The molecule has 0 radical (unpaired) electrons. The molecule has 0 aromatic heterocycles. The van der Waals surface area contributed by atoms with E-state index in [1.54, 1.807) is 0 Å². The Bertz CT molecular complexity index is 701. The van der Waals surface area contributed by atoms with Crippen LogP contribution in [0.4, 0.5) is 0 Å². The molecule has 0 heterocycles. The first-order valence-corrected chi connectivity index (χ1v) is 9.88. The van der Waals surface area contributed by atoms with Gasteiger partial charge < -0.3 is 0 Å². The number of ketones is 2. The summed E-state index contributed by atoms with van der Waals surface area (Å²) in [7, 11) is 0. The second-order valence-electron chi connectivity index (χ2n) is 9.41. The highest BCUT2D eigenvalue weighted by Gasteiger charge is 2.72. The number of hydrogen-bond acceptors (Lipinski definition) is 2. The van der Waals surface area contributed by atoms with E-state index >= 15 is 0 Å². The Balaban J connectivity index is 1.57. The molecule has 3 fully saturated rings. The van der Waals surface area contributed by atoms with Crippen LogP contribution in [0.5, 0.6) is 0 Å². The second kappa shape index (κ2) is 4.51. The summed E-state index contributed by atoms with van der Waals surface area (Å²) in [6.45, 7) is 4.24. The van der Waals surface area contributed by atoms with Crippen molar-refractivity contribution in [3.63, 3.8) is 0 Å². The van der Waals surface area contributed by atoms with Gasteiger partial charge in [0.25, 0.3) is 0 Å². The molecule has 5 rings (SSSR count). The summed E-state index contributed by atoms with van der Waals surface area (Å²) in [6.07, 6.45) is 15.6. The van der Waals surface area contributed by atoms with Gasteiger partial charge in [-0.3, -0.25) is 9.59 Å². The van der Waals surface area contributed by atoms with Crippen molar-refractivity contribution >= 4 is 11.6 Å². The summed E-state index contributed by atoms with van der Waals surface area (Å²) in [5.74, 6) is 2.82. The highest BCUT2D eigenvalue weighted by atomic mass is 16.1. The van der Waals surface area contributed by atoms with E-state index < -0.39 is 0 Å². The van der Waals surface area contributed by atoms with Crippen LogP contribution >= 0.6 is 0 Å². The second-order valence-corrected chi connectivity index (χ2v) is 9.41. The predicted molar refractivity (Wildman–Crippen MR) is 93.3 cm³/mol. The Labute approximate surface area is 144 Å². The first-order chi connectivity index (χ1) is 11.4.